The molecule has 3 heterocycles. The molecule has 9 nitrogen and oxygen atoms in total. The molecule has 0 aliphatic heterocycles. The SMILES string of the molecule is Cn1cc(-c2nc(C3(c4ccc(-c5cnc(N)nc5)cc4)CCC3)no2)ncc1=O. The van der Waals surface area contributed by atoms with Gasteiger partial charge in [-0.3, -0.25) is 4.79 Å². The van der Waals surface area contributed by atoms with Crippen molar-refractivity contribution in [1.82, 2.24) is 29.7 Å². The molecule has 1 aliphatic rings. The first-order valence-corrected chi connectivity index (χ1v) is 9.61. The molecular formula is C21H19N7O2. The normalized spacial score (nSPS) is 15.0. The molecule has 30 heavy (non-hydrogen) atoms. The van der Waals surface area contributed by atoms with Crippen LogP contribution >= 0.6 is 0 Å². The Morgan fingerprint density at radius 1 is 1.03 bits per heavy atom. The summed E-state index contributed by atoms with van der Waals surface area (Å²) >= 11 is 0. The Kier molecular flexibility index (Phi) is 4.16. The van der Waals surface area contributed by atoms with E-state index in [0.29, 0.717) is 17.4 Å². The number of hydrogen-bond donors (Lipinski definition) is 1. The maximum absolute atomic E-state index is 11.6. The molecule has 0 bridgehead atoms. The molecule has 150 valence electrons. The molecule has 0 spiro atoms. The average Bonchev–Trinajstić information content (AvgIpc) is 3.21. The highest BCUT2D eigenvalue weighted by molar-refractivity contribution is 5.63. The number of anilines is 1. The van der Waals surface area contributed by atoms with Crippen molar-refractivity contribution in [2.45, 2.75) is 24.7 Å². The molecule has 5 rings (SSSR count). The molecule has 9 heteroatoms. The summed E-state index contributed by atoms with van der Waals surface area (Å²) in [6.45, 7) is 0. The van der Waals surface area contributed by atoms with Gasteiger partial charge in [0.25, 0.3) is 11.4 Å². The van der Waals surface area contributed by atoms with Gasteiger partial charge in [-0.05, 0) is 24.0 Å². The quantitative estimate of drug-likeness (QED) is 0.552. The summed E-state index contributed by atoms with van der Waals surface area (Å²) in [4.78, 5) is 28.4. The summed E-state index contributed by atoms with van der Waals surface area (Å²) in [6, 6.07) is 8.26. The third-order valence-corrected chi connectivity index (χ3v) is 5.70. The van der Waals surface area contributed by atoms with E-state index in [9.17, 15) is 4.79 Å². The van der Waals surface area contributed by atoms with Crippen molar-refractivity contribution < 1.29 is 4.52 Å². The van der Waals surface area contributed by atoms with E-state index in [2.05, 4.69) is 37.2 Å². The smallest absolute Gasteiger partial charge is 0.278 e. The molecule has 1 saturated carbocycles. The van der Waals surface area contributed by atoms with Crippen molar-refractivity contribution in [1.29, 1.82) is 0 Å². The van der Waals surface area contributed by atoms with Crippen molar-refractivity contribution >= 4 is 5.95 Å². The van der Waals surface area contributed by atoms with Crippen LogP contribution in [0.5, 0.6) is 0 Å². The topological polar surface area (TPSA) is 126 Å². The fraction of sp³-hybridized carbons (Fsp3) is 0.238. The largest absolute Gasteiger partial charge is 0.368 e. The van der Waals surface area contributed by atoms with Crippen LogP contribution in [0.25, 0.3) is 22.7 Å². The second kappa shape index (κ2) is 6.87. The molecule has 1 fully saturated rings. The predicted molar refractivity (Wildman–Crippen MR) is 109 cm³/mol. The van der Waals surface area contributed by atoms with Gasteiger partial charge in [0.2, 0.25) is 5.95 Å². The summed E-state index contributed by atoms with van der Waals surface area (Å²) in [5, 5.41) is 4.26. The van der Waals surface area contributed by atoms with Gasteiger partial charge in [-0.2, -0.15) is 4.98 Å². The van der Waals surface area contributed by atoms with E-state index < -0.39 is 0 Å². The second-order valence-electron chi connectivity index (χ2n) is 7.49. The van der Waals surface area contributed by atoms with Crippen molar-refractivity contribution in [3.8, 4) is 22.7 Å². The first kappa shape index (κ1) is 18.2. The van der Waals surface area contributed by atoms with Gasteiger partial charge >= 0.3 is 0 Å². The molecule has 4 aromatic rings. The first-order valence-electron chi connectivity index (χ1n) is 9.61. The molecule has 0 amide bonds. The van der Waals surface area contributed by atoms with Crippen LogP contribution in [-0.2, 0) is 12.5 Å². The maximum Gasteiger partial charge on any atom is 0.278 e. The lowest BCUT2D eigenvalue weighted by Crippen LogP contribution is -2.36. The predicted octanol–water partition coefficient (Wildman–Crippen LogP) is 2.34. The van der Waals surface area contributed by atoms with Gasteiger partial charge in [-0.1, -0.05) is 35.8 Å². The summed E-state index contributed by atoms with van der Waals surface area (Å²) in [5.74, 6) is 1.20. The highest BCUT2D eigenvalue weighted by Gasteiger charge is 2.44. The van der Waals surface area contributed by atoms with E-state index >= 15 is 0 Å². The number of aryl methyl sites for hydroxylation is 1. The molecular weight excluding hydrogens is 382 g/mol. The Hall–Kier alpha value is -3.88. The van der Waals surface area contributed by atoms with Crippen LogP contribution < -0.4 is 11.3 Å². The van der Waals surface area contributed by atoms with Gasteiger partial charge in [0.05, 0.1) is 11.6 Å². The van der Waals surface area contributed by atoms with E-state index in [0.717, 1.165) is 36.0 Å². The van der Waals surface area contributed by atoms with Crippen LogP contribution in [0.4, 0.5) is 5.95 Å². The Balaban J connectivity index is 1.47. The zero-order chi connectivity index (χ0) is 20.7. The lowest BCUT2D eigenvalue weighted by molar-refractivity contribution is 0.273. The Labute approximate surface area is 171 Å². The van der Waals surface area contributed by atoms with E-state index in [1.54, 1.807) is 25.6 Å². The highest BCUT2D eigenvalue weighted by atomic mass is 16.5. The monoisotopic (exact) mass is 401 g/mol. The van der Waals surface area contributed by atoms with Crippen LogP contribution in [-0.4, -0.2) is 29.7 Å². The zero-order valence-electron chi connectivity index (χ0n) is 16.3. The second-order valence-corrected chi connectivity index (χ2v) is 7.49. The standard InChI is InChI=1S/C21H19N7O2/c1-28-12-16(23-11-17(28)29)18-26-19(27-30-18)21(7-2-8-21)15-5-3-13(4-6-15)14-9-24-20(22)25-10-14/h3-6,9-12H,2,7-8H2,1H3,(H2,22,24,25). The fourth-order valence-corrected chi connectivity index (χ4v) is 3.77. The van der Waals surface area contributed by atoms with Gasteiger partial charge in [-0.15, -0.1) is 0 Å². The minimum Gasteiger partial charge on any atom is -0.368 e. The van der Waals surface area contributed by atoms with Crippen molar-refractivity contribution in [2.24, 2.45) is 7.05 Å². The fourth-order valence-electron chi connectivity index (χ4n) is 3.77. The Morgan fingerprint density at radius 2 is 1.77 bits per heavy atom. The molecule has 0 saturated heterocycles. The van der Waals surface area contributed by atoms with Gasteiger partial charge in [0.1, 0.15) is 5.69 Å². The number of nitrogen functional groups attached to an aromatic ring is 1. The zero-order valence-corrected chi connectivity index (χ0v) is 16.3. The number of nitrogens with zero attached hydrogens (tertiary/aromatic N) is 6. The van der Waals surface area contributed by atoms with E-state index in [1.807, 2.05) is 12.1 Å². The third-order valence-electron chi connectivity index (χ3n) is 5.70. The average molecular weight is 401 g/mol. The minimum atomic E-state index is -0.279. The lowest BCUT2D eigenvalue weighted by atomic mass is 9.64. The lowest BCUT2D eigenvalue weighted by Gasteiger charge is -2.39. The van der Waals surface area contributed by atoms with Gasteiger partial charge in [0.15, 0.2) is 5.82 Å². The number of aromatic nitrogens is 6. The Bertz CT molecular complexity index is 1260. The van der Waals surface area contributed by atoms with Crippen molar-refractivity contribution in [3.05, 3.63) is 70.8 Å². The third kappa shape index (κ3) is 2.95. The van der Waals surface area contributed by atoms with E-state index in [4.69, 9.17) is 10.3 Å². The first-order chi connectivity index (χ1) is 14.5. The molecule has 0 unspecified atom stereocenters. The molecule has 3 aromatic heterocycles. The number of nitrogens with two attached hydrogens (primary N) is 1. The summed E-state index contributed by atoms with van der Waals surface area (Å²) in [6.07, 6.45) is 9.24. The van der Waals surface area contributed by atoms with Crippen molar-refractivity contribution in [3.63, 3.8) is 0 Å². The number of benzene rings is 1. The maximum atomic E-state index is 11.6. The molecule has 0 atom stereocenters. The van der Waals surface area contributed by atoms with Gasteiger partial charge in [0, 0.05) is 31.2 Å². The highest BCUT2D eigenvalue weighted by Crippen LogP contribution is 2.48. The Morgan fingerprint density at radius 3 is 2.40 bits per heavy atom. The minimum absolute atomic E-state index is 0.194. The van der Waals surface area contributed by atoms with E-state index in [-0.39, 0.29) is 16.9 Å². The van der Waals surface area contributed by atoms with Gasteiger partial charge in [-0.25, -0.2) is 15.0 Å². The van der Waals surface area contributed by atoms with Gasteiger partial charge < -0.3 is 14.8 Å². The van der Waals surface area contributed by atoms with Crippen LogP contribution in [0.1, 0.15) is 30.7 Å². The molecule has 1 aromatic carbocycles. The summed E-state index contributed by atoms with van der Waals surface area (Å²) in [7, 11) is 1.66. The van der Waals surface area contributed by atoms with Crippen LogP contribution in [0, 0.1) is 0 Å². The van der Waals surface area contributed by atoms with E-state index in [1.165, 1.54) is 10.8 Å². The molecule has 1 aliphatic carbocycles. The van der Waals surface area contributed by atoms with Crippen LogP contribution in [0.2, 0.25) is 0 Å². The summed E-state index contributed by atoms with van der Waals surface area (Å²) in [5.41, 5.74) is 8.62. The molecule has 2 N–H and O–H groups in total. The molecule has 0 radical (unpaired) electrons. The van der Waals surface area contributed by atoms with Crippen molar-refractivity contribution in [2.75, 3.05) is 5.73 Å². The number of rotatable bonds is 4. The van der Waals surface area contributed by atoms with Crippen LogP contribution in [0.3, 0.4) is 0 Å². The van der Waals surface area contributed by atoms with Crippen LogP contribution in [0.15, 0.2) is 58.4 Å². The summed E-state index contributed by atoms with van der Waals surface area (Å²) < 4.78 is 6.92. The number of hydrogen-bond acceptors (Lipinski definition) is 8.